The Morgan fingerprint density at radius 1 is 1.31 bits per heavy atom. The van der Waals surface area contributed by atoms with Gasteiger partial charge in [0, 0.05) is 6.04 Å². The number of nitrogens with one attached hydrogen (secondary N) is 1. The van der Waals surface area contributed by atoms with Crippen molar-refractivity contribution in [2.24, 2.45) is 11.3 Å². The fourth-order valence-corrected chi connectivity index (χ4v) is 2.16. The Bertz CT molecular complexity index is 230. The summed E-state index contributed by atoms with van der Waals surface area (Å²) in [4.78, 5) is 10.9. The first-order chi connectivity index (χ1) is 7.42. The predicted octanol–water partition coefficient (Wildman–Crippen LogP) is 2.66. The van der Waals surface area contributed by atoms with Gasteiger partial charge in [0.2, 0.25) is 0 Å². The van der Waals surface area contributed by atoms with E-state index in [9.17, 15) is 4.79 Å². The average molecular weight is 227 g/mol. The molecule has 0 aromatic carbocycles. The maximum absolute atomic E-state index is 10.9. The van der Waals surface area contributed by atoms with Crippen LogP contribution in [0.15, 0.2) is 0 Å². The summed E-state index contributed by atoms with van der Waals surface area (Å²) in [5, 5.41) is 12.5. The van der Waals surface area contributed by atoms with Gasteiger partial charge >= 0.3 is 5.97 Å². The SMILES string of the molecule is CC1CCC(NCCC(C)(C)C(=O)O)CC1. The zero-order chi connectivity index (χ0) is 12.2. The third kappa shape index (κ3) is 4.12. The molecule has 2 N–H and O–H groups in total. The van der Waals surface area contributed by atoms with E-state index in [0.29, 0.717) is 12.5 Å². The van der Waals surface area contributed by atoms with Gasteiger partial charge in [-0.1, -0.05) is 6.92 Å². The number of carboxylic acid groups (broad SMARTS) is 1. The summed E-state index contributed by atoms with van der Waals surface area (Å²) in [5.74, 6) is 0.167. The van der Waals surface area contributed by atoms with Crippen molar-refractivity contribution in [3.63, 3.8) is 0 Å². The molecule has 1 fully saturated rings. The molecule has 0 aliphatic heterocycles. The van der Waals surface area contributed by atoms with E-state index in [4.69, 9.17) is 5.11 Å². The van der Waals surface area contributed by atoms with Gasteiger partial charge in [0.25, 0.3) is 0 Å². The molecular weight excluding hydrogens is 202 g/mol. The molecular formula is C13H25NO2. The van der Waals surface area contributed by atoms with Crippen molar-refractivity contribution in [3.05, 3.63) is 0 Å². The van der Waals surface area contributed by atoms with Crippen LogP contribution < -0.4 is 5.32 Å². The maximum Gasteiger partial charge on any atom is 0.309 e. The van der Waals surface area contributed by atoms with Crippen molar-refractivity contribution in [1.29, 1.82) is 0 Å². The van der Waals surface area contributed by atoms with Crippen LogP contribution in [0.5, 0.6) is 0 Å². The molecule has 16 heavy (non-hydrogen) atoms. The first-order valence-corrected chi connectivity index (χ1v) is 6.38. The molecule has 0 aromatic rings. The Kier molecular flexibility index (Phi) is 4.78. The molecule has 3 heteroatoms. The van der Waals surface area contributed by atoms with Crippen molar-refractivity contribution in [1.82, 2.24) is 5.32 Å². The summed E-state index contributed by atoms with van der Waals surface area (Å²) in [6.07, 6.45) is 5.80. The molecule has 0 heterocycles. The van der Waals surface area contributed by atoms with Crippen LogP contribution in [0.4, 0.5) is 0 Å². The lowest BCUT2D eigenvalue weighted by Crippen LogP contribution is -2.36. The fourth-order valence-electron chi connectivity index (χ4n) is 2.16. The summed E-state index contributed by atoms with van der Waals surface area (Å²) in [6, 6.07) is 0.612. The minimum atomic E-state index is -0.702. The van der Waals surface area contributed by atoms with Gasteiger partial charge in [0.15, 0.2) is 0 Å². The molecule has 0 unspecified atom stereocenters. The fraction of sp³-hybridized carbons (Fsp3) is 0.923. The number of aliphatic carboxylic acids is 1. The van der Waals surface area contributed by atoms with Crippen LogP contribution in [0, 0.1) is 11.3 Å². The van der Waals surface area contributed by atoms with Gasteiger partial charge in [-0.2, -0.15) is 0 Å². The van der Waals surface area contributed by atoms with Crippen LogP contribution in [-0.4, -0.2) is 23.7 Å². The Morgan fingerprint density at radius 3 is 2.38 bits per heavy atom. The van der Waals surface area contributed by atoms with E-state index >= 15 is 0 Å². The molecule has 1 saturated carbocycles. The highest BCUT2D eigenvalue weighted by Crippen LogP contribution is 2.24. The highest BCUT2D eigenvalue weighted by molar-refractivity contribution is 5.73. The van der Waals surface area contributed by atoms with Crippen LogP contribution in [0.2, 0.25) is 0 Å². The van der Waals surface area contributed by atoms with Crippen molar-refractivity contribution >= 4 is 5.97 Å². The lowest BCUT2D eigenvalue weighted by molar-refractivity contribution is -0.147. The standard InChI is InChI=1S/C13H25NO2/c1-10-4-6-11(7-5-10)14-9-8-13(2,3)12(15)16/h10-11,14H,4-9H2,1-3H3,(H,15,16). The van der Waals surface area contributed by atoms with Crippen LogP contribution in [0.25, 0.3) is 0 Å². The van der Waals surface area contributed by atoms with Gasteiger partial charge in [-0.3, -0.25) is 4.79 Å². The lowest BCUT2D eigenvalue weighted by Gasteiger charge is -2.28. The van der Waals surface area contributed by atoms with Crippen LogP contribution in [0.3, 0.4) is 0 Å². The Balaban J connectivity index is 2.18. The van der Waals surface area contributed by atoms with Crippen LogP contribution >= 0.6 is 0 Å². The van der Waals surface area contributed by atoms with Crippen molar-refractivity contribution < 1.29 is 9.90 Å². The second-order valence-corrected chi connectivity index (χ2v) is 5.85. The first kappa shape index (κ1) is 13.5. The minimum Gasteiger partial charge on any atom is -0.481 e. The van der Waals surface area contributed by atoms with E-state index in [-0.39, 0.29) is 0 Å². The zero-order valence-electron chi connectivity index (χ0n) is 10.8. The quantitative estimate of drug-likeness (QED) is 0.759. The summed E-state index contributed by atoms with van der Waals surface area (Å²) in [6.45, 7) is 6.71. The highest BCUT2D eigenvalue weighted by atomic mass is 16.4. The summed E-state index contributed by atoms with van der Waals surface area (Å²) in [5.41, 5.74) is -0.602. The van der Waals surface area contributed by atoms with Crippen LogP contribution in [0.1, 0.15) is 52.9 Å². The maximum atomic E-state index is 10.9. The lowest BCUT2D eigenvalue weighted by atomic mass is 9.86. The topological polar surface area (TPSA) is 49.3 Å². The van der Waals surface area contributed by atoms with Gasteiger partial charge in [-0.25, -0.2) is 0 Å². The van der Waals surface area contributed by atoms with E-state index < -0.39 is 11.4 Å². The van der Waals surface area contributed by atoms with Gasteiger partial charge in [-0.15, -0.1) is 0 Å². The zero-order valence-corrected chi connectivity index (χ0v) is 10.8. The molecule has 0 radical (unpaired) electrons. The van der Waals surface area contributed by atoms with Crippen molar-refractivity contribution in [3.8, 4) is 0 Å². The summed E-state index contributed by atoms with van der Waals surface area (Å²) >= 11 is 0. The second-order valence-electron chi connectivity index (χ2n) is 5.85. The van der Waals surface area contributed by atoms with Gasteiger partial charge in [-0.05, 0) is 58.4 Å². The van der Waals surface area contributed by atoms with Crippen LogP contribution in [-0.2, 0) is 4.79 Å². The smallest absolute Gasteiger partial charge is 0.309 e. The molecule has 0 saturated heterocycles. The third-order valence-electron chi connectivity index (χ3n) is 3.78. The normalized spacial score (nSPS) is 26.7. The second kappa shape index (κ2) is 5.67. The Morgan fingerprint density at radius 2 is 1.88 bits per heavy atom. The van der Waals surface area contributed by atoms with Crippen molar-refractivity contribution in [2.45, 2.75) is 58.9 Å². The molecule has 0 spiro atoms. The van der Waals surface area contributed by atoms with E-state index in [1.807, 2.05) is 0 Å². The van der Waals surface area contributed by atoms with Gasteiger partial charge in [0.1, 0.15) is 0 Å². The first-order valence-electron chi connectivity index (χ1n) is 6.38. The molecule has 0 bridgehead atoms. The monoisotopic (exact) mass is 227 g/mol. The molecule has 1 aliphatic carbocycles. The van der Waals surface area contributed by atoms with E-state index in [1.54, 1.807) is 13.8 Å². The number of hydrogen-bond acceptors (Lipinski definition) is 2. The molecule has 1 aliphatic rings. The van der Waals surface area contributed by atoms with E-state index in [2.05, 4.69) is 12.2 Å². The Labute approximate surface area is 98.6 Å². The average Bonchev–Trinajstić information content (AvgIpc) is 2.20. The molecule has 3 nitrogen and oxygen atoms in total. The Hall–Kier alpha value is -0.570. The molecule has 94 valence electrons. The van der Waals surface area contributed by atoms with E-state index in [0.717, 1.165) is 12.5 Å². The van der Waals surface area contributed by atoms with Gasteiger partial charge in [0.05, 0.1) is 5.41 Å². The predicted molar refractivity (Wildman–Crippen MR) is 65.5 cm³/mol. The highest BCUT2D eigenvalue weighted by Gasteiger charge is 2.27. The molecule has 0 amide bonds. The number of carbonyl (C=O) groups is 1. The van der Waals surface area contributed by atoms with E-state index in [1.165, 1.54) is 25.7 Å². The van der Waals surface area contributed by atoms with Gasteiger partial charge < -0.3 is 10.4 Å². The number of rotatable bonds is 5. The summed E-state index contributed by atoms with van der Waals surface area (Å²) < 4.78 is 0. The molecule has 0 atom stereocenters. The summed E-state index contributed by atoms with van der Waals surface area (Å²) in [7, 11) is 0. The molecule has 1 rings (SSSR count). The third-order valence-corrected chi connectivity index (χ3v) is 3.78. The minimum absolute atomic E-state index is 0.602. The molecule has 0 aromatic heterocycles. The number of hydrogen-bond donors (Lipinski definition) is 2. The van der Waals surface area contributed by atoms with Crippen molar-refractivity contribution in [2.75, 3.05) is 6.54 Å². The largest absolute Gasteiger partial charge is 0.481 e. The number of carboxylic acids is 1.